The summed E-state index contributed by atoms with van der Waals surface area (Å²) in [5, 5.41) is 0. The van der Waals surface area contributed by atoms with Crippen LogP contribution in [0.1, 0.15) is 37.8 Å². The molecule has 2 rings (SSSR count). The molecule has 0 heterocycles. The van der Waals surface area contributed by atoms with Crippen LogP contribution in [0.25, 0.3) is 0 Å². The van der Waals surface area contributed by atoms with E-state index in [0.29, 0.717) is 6.10 Å². The van der Waals surface area contributed by atoms with Gasteiger partial charge in [-0.25, -0.2) is 0 Å². The van der Waals surface area contributed by atoms with Gasteiger partial charge in [0.25, 0.3) is 0 Å². The van der Waals surface area contributed by atoms with E-state index < -0.39 is 0 Å². The molecule has 1 aliphatic rings. The predicted molar refractivity (Wildman–Crippen MR) is 74.5 cm³/mol. The third-order valence-corrected chi connectivity index (χ3v) is 3.31. The SMILES string of the molecule is Cc1cc(Br)c(OC2CC2)c(CC(C)(C)N)c1. The molecular weight excluding hydrogens is 278 g/mol. The van der Waals surface area contributed by atoms with E-state index in [0.717, 1.165) is 16.6 Å². The van der Waals surface area contributed by atoms with Crippen molar-refractivity contribution >= 4 is 15.9 Å². The third kappa shape index (κ3) is 3.71. The minimum absolute atomic E-state index is 0.213. The minimum Gasteiger partial charge on any atom is -0.489 e. The number of benzene rings is 1. The summed E-state index contributed by atoms with van der Waals surface area (Å²) in [7, 11) is 0. The van der Waals surface area contributed by atoms with Gasteiger partial charge < -0.3 is 10.5 Å². The number of ether oxygens (including phenoxy) is 1. The molecule has 1 fully saturated rings. The first kappa shape index (κ1) is 12.9. The Bertz CT molecular complexity index is 419. The first-order valence-corrected chi connectivity index (χ1v) is 6.89. The molecule has 1 aromatic rings. The maximum Gasteiger partial charge on any atom is 0.137 e. The Hall–Kier alpha value is -0.540. The number of hydrogen-bond acceptors (Lipinski definition) is 2. The van der Waals surface area contributed by atoms with Crippen LogP contribution in [0.4, 0.5) is 0 Å². The number of halogens is 1. The molecule has 0 saturated heterocycles. The number of rotatable bonds is 4. The van der Waals surface area contributed by atoms with Gasteiger partial charge in [0.05, 0.1) is 10.6 Å². The standard InChI is InChI=1S/C14H20BrNO/c1-9-6-10(8-14(2,3)16)13(12(15)7-9)17-11-4-5-11/h6-7,11H,4-5,8,16H2,1-3H3. The Morgan fingerprint density at radius 3 is 2.59 bits per heavy atom. The van der Waals surface area contributed by atoms with Crippen LogP contribution < -0.4 is 10.5 Å². The molecule has 17 heavy (non-hydrogen) atoms. The lowest BCUT2D eigenvalue weighted by atomic mass is 9.94. The Kier molecular flexibility index (Phi) is 3.50. The molecule has 0 aromatic heterocycles. The van der Waals surface area contributed by atoms with Crippen LogP contribution in [-0.4, -0.2) is 11.6 Å². The topological polar surface area (TPSA) is 35.2 Å². The highest BCUT2D eigenvalue weighted by Gasteiger charge is 2.26. The Morgan fingerprint density at radius 1 is 1.41 bits per heavy atom. The molecular formula is C14H20BrNO. The van der Waals surface area contributed by atoms with E-state index in [1.54, 1.807) is 0 Å². The molecule has 1 saturated carbocycles. The molecule has 0 atom stereocenters. The van der Waals surface area contributed by atoms with Crippen molar-refractivity contribution in [2.45, 2.75) is 51.7 Å². The predicted octanol–water partition coefficient (Wildman–Crippen LogP) is 3.58. The van der Waals surface area contributed by atoms with E-state index in [2.05, 4.69) is 35.0 Å². The highest BCUT2D eigenvalue weighted by atomic mass is 79.9. The maximum atomic E-state index is 6.11. The summed E-state index contributed by atoms with van der Waals surface area (Å²) < 4.78 is 7.03. The van der Waals surface area contributed by atoms with Crippen LogP contribution in [0.5, 0.6) is 5.75 Å². The number of nitrogens with two attached hydrogens (primary N) is 1. The van der Waals surface area contributed by atoms with E-state index in [1.165, 1.54) is 24.0 Å². The quantitative estimate of drug-likeness (QED) is 0.922. The van der Waals surface area contributed by atoms with Gasteiger partial charge in [-0.1, -0.05) is 6.07 Å². The molecule has 0 bridgehead atoms. The maximum absolute atomic E-state index is 6.11. The first-order chi connectivity index (χ1) is 7.85. The molecule has 1 aliphatic carbocycles. The van der Waals surface area contributed by atoms with E-state index in [-0.39, 0.29) is 5.54 Å². The third-order valence-electron chi connectivity index (χ3n) is 2.72. The normalized spacial score (nSPS) is 16.1. The van der Waals surface area contributed by atoms with E-state index in [1.807, 2.05) is 13.8 Å². The van der Waals surface area contributed by atoms with Crippen molar-refractivity contribution in [1.82, 2.24) is 0 Å². The molecule has 3 heteroatoms. The van der Waals surface area contributed by atoms with Crippen molar-refractivity contribution in [2.75, 3.05) is 0 Å². The lowest BCUT2D eigenvalue weighted by molar-refractivity contribution is 0.295. The second-order valence-electron chi connectivity index (χ2n) is 5.72. The molecule has 0 unspecified atom stereocenters. The molecule has 94 valence electrons. The minimum atomic E-state index is -0.213. The smallest absolute Gasteiger partial charge is 0.137 e. The fourth-order valence-electron chi connectivity index (χ4n) is 1.91. The second-order valence-corrected chi connectivity index (χ2v) is 6.57. The summed E-state index contributed by atoms with van der Waals surface area (Å²) in [6.45, 7) is 6.19. The molecule has 0 amide bonds. The summed E-state index contributed by atoms with van der Waals surface area (Å²) in [6.07, 6.45) is 3.58. The van der Waals surface area contributed by atoms with Crippen LogP contribution in [0, 0.1) is 6.92 Å². The number of hydrogen-bond donors (Lipinski definition) is 1. The summed E-state index contributed by atoms with van der Waals surface area (Å²) >= 11 is 3.60. The largest absolute Gasteiger partial charge is 0.489 e. The van der Waals surface area contributed by atoms with Crippen LogP contribution in [0.2, 0.25) is 0 Å². The summed E-state index contributed by atoms with van der Waals surface area (Å²) in [5.74, 6) is 0.983. The molecule has 0 aliphatic heterocycles. The first-order valence-electron chi connectivity index (χ1n) is 6.10. The molecule has 0 radical (unpaired) electrons. The molecule has 0 spiro atoms. The van der Waals surface area contributed by atoms with Gasteiger partial charge in [-0.05, 0) is 73.2 Å². The molecule has 2 N–H and O–H groups in total. The van der Waals surface area contributed by atoms with Crippen molar-refractivity contribution < 1.29 is 4.74 Å². The van der Waals surface area contributed by atoms with Gasteiger partial charge in [-0.15, -0.1) is 0 Å². The lowest BCUT2D eigenvalue weighted by Gasteiger charge is -2.22. The Morgan fingerprint density at radius 2 is 2.06 bits per heavy atom. The van der Waals surface area contributed by atoms with E-state index >= 15 is 0 Å². The monoisotopic (exact) mass is 297 g/mol. The van der Waals surface area contributed by atoms with Crippen molar-refractivity contribution in [3.8, 4) is 5.75 Å². The average molecular weight is 298 g/mol. The zero-order valence-corrected chi connectivity index (χ0v) is 12.3. The van der Waals surface area contributed by atoms with Crippen molar-refractivity contribution in [3.05, 3.63) is 27.7 Å². The van der Waals surface area contributed by atoms with Gasteiger partial charge in [0.2, 0.25) is 0 Å². The highest BCUT2D eigenvalue weighted by Crippen LogP contribution is 2.37. The lowest BCUT2D eigenvalue weighted by Crippen LogP contribution is -2.34. The summed E-state index contributed by atoms with van der Waals surface area (Å²) in [4.78, 5) is 0. The van der Waals surface area contributed by atoms with Crippen LogP contribution in [-0.2, 0) is 6.42 Å². The molecule has 1 aromatic carbocycles. The van der Waals surface area contributed by atoms with Gasteiger partial charge in [0.15, 0.2) is 0 Å². The van der Waals surface area contributed by atoms with E-state index in [9.17, 15) is 0 Å². The fraction of sp³-hybridized carbons (Fsp3) is 0.571. The van der Waals surface area contributed by atoms with Crippen molar-refractivity contribution in [3.63, 3.8) is 0 Å². The van der Waals surface area contributed by atoms with Crippen LogP contribution in [0.15, 0.2) is 16.6 Å². The Balaban J connectivity index is 2.32. The summed E-state index contributed by atoms with van der Waals surface area (Å²) in [5.41, 5.74) is 8.34. The zero-order valence-electron chi connectivity index (χ0n) is 10.7. The van der Waals surface area contributed by atoms with Gasteiger partial charge in [0, 0.05) is 5.54 Å². The average Bonchev–Trinajstić information content (AvgIpc) is 2.91. The van der Waals surface area contributed by atoms with Crippen molar-refractivity contribution in [1.29, 1.82) is 0 Å². The second kappa shape index (κ2) is 4.62. The van der Waals surface area contributed by atoms with Crippen LogP contribution in [0.3, 0.4) is 0 Å². The van der Waals surface area contributed by atoms with Crippen molar-refractivity contribution in [2.24, 2.45) is 5.73 Å². The van der Waals surface area contributed by atoms with E-state index in [4.69, 9.17) is 10.5 Å². The Labute approximate surface area is 112 Å². The number of aryl methyl sites for hydroxylation is 1. The fourth-order valence-corrected chi connectivity index (χ4v) is 2.62. The van der Waals surface area contributed by atoms with Gasteiger partial charge in [-0.3, -0.25) is 0 Å². The zero-order chi connectivity index (χ0) is 12.6. The van der Waals surface area contributed by atoms with Gasteiger partial charge >= 0.3 is 0 Å². The molecule has 2 nitrogen and oxygen atoms in total. The summed E-state index contributed by atoms with van der Waals surface area (Å²) in [6, 6.07) is 4.28. The van der Waals surface area contributed by atoms with Crippen LogP contribution >= 0.6 is 15.9 Å². The van der Waals surface area contributed by atoms with Gasteiger partial charge in [0.1, 0.15) is 5.75 Å². The van der Waals surface area contributed by atoms with Gasteiger partial charge in [-0.2, -0.15) is 0 Å². The highest BCUT2D eigenvalue weighted by molar-refractivity contribution is 9.10.